The number of benzene rings is 2. The van der Waals surface area contributed by atoms with Gasteiger partial charge in [0.1, 0.15) is 6.04 Å². The summed E-state index contributed by atoms with van der Waals surface area (Å²) >= 11 is 6.21. The Bertz CT molecular complexity index is 777. The van der Waals surface area contributed by atoms with Gasteiger partial charge in [-0.1, -0.05) is 74.0 Å². The summed E-state index contributed by atoms with van der Waals surface area (Å²) in [4.78, 5) is 27.3. The van der Waals surface area contributed by atoms with Gasteiger partial charge in [-0.3, -0.25) is 9.59 Å². The molecule has 0 heterocycles. The second-order valence-corrected chi connectivity index (χ2v) is 7.82. The van der Waals surface area contributed by atoms with E-state index < -0.39 is 6.04 Å². The van der Waals surface area contributed by atoms with Crippen molar-refractivity contribution in [3.8, 4) is 0 Å². The average molecular weight is 401 g/mol. The number of hydrogen-bond donors (Lipinski definition) is 1. The SMILES string of the molecule is CC(C)CNC(=O)C(C)N(Cc1ccccc1)C(=O)CCc1ccccc1Cl. The van der Waals surface area contributed by atoms with Crippen LogP contribution in [-0.4, -0.2) is 29.3 Å². The standard InChI is InChI=1S/C23H29ClN2O2/c1-17(2)15-25-23(28)18(3)26(16-19-9-5-4-6-10-19)22(27)14-13-20-11-7-8-12-21(20)24/h4-12,17-18H,13-16H2,1-3H3,(H,25,28). The normalized spacial score (nSPS) is 11.9. The van der Waals surface area contributed by atoms with Crippen molar-refractivity contribution in [3.05, 3.63) is 70.7 Å². The first-order valence-corrected chi connectivity index (χ1v) is 10.1. The molecular formula is C23H29ClN2O2. The summed E-state index contributed by atoms with van der Waals surface area (Å²) in [6.45, 7) is 6.86. The molecule has 0 aliphatic rings. The summed E-state index contributed by atoms with van der Waals surface area (Å²) in [5.74, 6) is 0.168. The first-order chi connectivity index (χ1) is 13.4. The van der Waals surface area contributed by atoms with E-state index >= 15 is 0 Å². The maximum atomic E-state index is 13.0. The molecule has 0 spiro atoms. The minimum Gasteiger partial charge on any atom is -0.354 e. The first-order valence-electron chi connectivity index (χ1n) is 9.73. The highest BCUT2D eigenvalue weighted by Crippen LogP contribution is 2.18. The molecule has 1 atom stereocenters. The molecule has 2 amide bonds. The molecule has 0 bridgehead atoms. The molecule has 0 aliphatic heterocycles. The van der Waals surface area contributed by atoms with Gasteiger partial charge in [-0.15, -0.1) is 0 Å². The maximum absolute atomic E-state index is 13.0. The van der Waals surface area contributed by atoms with Gasteiger partial charge in [-0.05, 0) is 36.5 Å². The number of carbonyl (C=O) groups excluding carboxylic acids is 2. The van der Waals surface area contributed by atoms with Crippen LogP contribution < -0.4 is 5.32 Å². The molecule has 0 saturated heterocycles. The number of rotatable bonds is 9. The molecule has 4 nitrogen and oxygen atoms in total. The fourth-order valence-corrected chi connectivity index (χ4v) is 3.13. The smallest absolute Gasteiger partial charge is 0.242 e. The highest BCUT2D eigenvalue weighted by atomic mass is 35.5. The molecule has 2 aromatic rings. The van der Waals surface area contributed by atoms with Gasteiger partial charge in [0.25, 0.3) is 0 Å². The predicted molar refractivity (Wildman–Crippen MR) is 114 cm³/mol. The Balaban J connectivity index is 2.11. The summed E-state index contributed by atoms with van der Waals surface area (Å²) in [5.41, 5.74) is 1.94. The predicted octanol–water partition coefficient (Wildman–Crippen LogP) is 4.46. The van der Waals surface area contributed by atoms with Crippen molar-refractivity contribution in [1.82, 2.24) is 10.2 Å². The van der Waals surface area contributed by atoms with Gasteiger partial charge in [-0.2, -0.15) is 0 Å². The Labute approximate surface area is 172 Å². The highest BCUT2D eigenvalue weighted by Gasteiger charge is 2.26. The van der Waals surface area contributed by atoms with Crippen molar-refractivity contribution in [2.24, 2.45) is 5.92 Å². The summed E-state index contributed by atoms with van der Waals surface area (Å²) in [5, 5.41) is 3.59. The summed E-state index contributed by atoms with van der Waals surface area (Å²) in [6, 6.07) is 16.7. The van der Waals surface area contributed by atoms with Crippen LogP contribution in [0, 0.1) is 5.92 Å². The second kappa shape index (κ2) is 10.9. The zero-order valence-corrected chi connectivity index (χ0v) is 17.6. The molecule has 0 radical (unpaired) electrons. The molecule has 0 saturated carbocycles. The molecule has 2 rings (SSSR count). The van der Waals surface area contributed by atoms with Gasteiger partial charge in [0.05, 0.1) is 0 Å². The third-order valence-corrected chi connectivity index (χ3v) is 4.98. The molecule has 0 aromatic heterocycles. The zero-order valence-electron chi connectivity index (χ0n) is 16.8. The highest BCUT2D eigenvalue weighted by molar-refractivity contribution is 6.31. The fraction of sp³-hybridized carbons (Fsp3) is 0.391. The molecule has 0 fully saturated rings. The lowest BCUT2D eigenvalue weighted by Crippen LogP contribution is -2.48. The number of amides is 2. The molecular weight excluding hydrogens is 372 g/mol. The van der Waals surface area contributed by atoms with E-state index in [4.69, 9.17) is 11.6 Å². The molecule has 2 aromatic carbocycles. The Morgan fingerprint density at radius 1 is 1.00 bits per heavy atom. The Morgan fingerprint density at radius 3 is 2.29 bits per heavy atom. The van der Waals surface area contributed by atoms with E-state index in [0.29, 0.717) is 36.9 Å². The molecule has 150 valence electrons. The van der Waals surface area contributed by atoms with E-state index in [0.717, 1.165) is 11.1 Å². The van der Waals surface area contributed by atoms with Crippen LogP contribution >= 0.6 is 11.6 Å². The van der Waals surface area contributed by atoms with Crippen molar-refractivity contribution in [2.45, 2.75) is 46.2 Å². The lowest BCUT2D eigenvalue weighted by molar-refractivity contribution is -0.140. The van der Waals surface area contributed by atoms with Crippen molar-refractivity contribution >= 4 is 23.4 Å². The molecule has 28 heavy (non-hydrogen) atoms. The van der Waals surface area contributed by atoms with Gasteiger partial charge in [0, 0.05) is 24.5 Å². The molecule has 1 N–H and O–H groups in total. The van der Waals surface area contributed by atoms with E-state index in [1.54, 1.807) is 11.8 Å². The summed E-state index contributed by atoms with van der Waals surface area (Å²) in [7, 11) is 0. The second-order valence-electron chi connectivity index (χ2n) is 7.41. The van der Waals surface area contributed by atoms with Crippen LogP contribution in [-0.2, 0) is 22.6 Å². The largest absolute Gasteiger partial charge is 0.354 e. The fourth-order valence-electron chi connectivity index (χ4n) is 2.90. The van der Waals surface area contributed by atoms with Crippen molar-refractivity contribution < 1.29 is 9.59 Å². The number of aryl methyl sites for hydroxylation is 1. The lowest BCUT2D eigenvalue weighted by Gasteiger charge is -2.29. The summed E-state index contributed by atoms with van der Waals surface area (Å²) < 4.78 is 0. The Kier molecular flexibility index (Phi) is 8.52. The van der Waals surface area contributed by atoms with Crippen LogP contribution in [0.3, 0.4) is 0 Å². The summed E-state index contributed by atoms with van der Waals surface area (Å²) in [6.07, 6.45) is 0.850. The third-order valence-electron chi connectivity index (χ3n) is 4.61. The zero-order chi connectivity index (χ0) is 20.5. The van der Waals surface area contributed by atoms with Crippen LogP contribution in [0.25, 0.3) is 0 Å². The van der Waals surface area contributed by atoms with Crippen LogP contribution in [0.4, 0.5) is 0 Å². The van der Waals surface area contributed by atoms with E-state index in [1.165, 1.54) is 0 Å². The first kappa shape index (κ1) is 22.0. The molecule has 0 aliphatic carbocycles. The average Bonchev–Trinajstić information content (AvgIpc) is 2.69. The number of nitrogens with one attached hydrogen (secondary N) is 1. The van der Waals surface area contributed by atoms with Gasteiger partial charge in [0.15, 0.2) is 0 Å². The maximum Gasteiger partial charge on any atom is 0.242 e. The Morgan fingerprint density at radius 2 is 1.64 bits per heavy atom. The van der Waals surface area contributed by atoms with Crippen LogP contribution in [0.1, 0.15) is 38.3 Å². The van der Waals surface area contributed by atoms with E-state index in [-0.39, 0.29) is 11.8 Å². The van der Waals surface area contributed by atoms with Gasteiger partial charge >= 0.3 is 0 Å². The van der Waals surface area contributed by atoms with Gasteiger partial charge in [0.2, 0.25) is 11.8 Å². The topological polar surface area (TPSA) is 49.4 Å². The van der Waals surface area contributed by atoms with Crippen LogP contribution in [0.2, 0.25) is 5.02 Å². The number of halogens is 1. The van der Waals surface area contributed by atoms with E-state index in [9.17, 15) is 9.59 Å². The minimum absolute atomic E-state index is 0.0593. The lowest BCUT2D eigenvalue weighted by atomic mass is 10.1. The number of hydrogen-bond acceptors (Lipinski definition) is 2. The van der Waals surface area contributed by atoms with Gasteiger partial charge in [-0.25, -0.2) is 0 Å². The van der Waals surface area contributed by atoms with Gasteiger partial charge < -0.3 is 10.2 Å². The number of carbonyl (C=O) groups is 2. The van der Waals surface area contributed by atoms with E-state index in [1.807, 2.05) is 68.4 Å². The quantitative estimate of drug-likeness (QED) is 0.675. The minimum atomic E-state index is -0.544. The monoisotopic (exact) mass is 400 g/mol. The van der Waals surface area contributed by atoms with Crippen LogP contribution in [0.15, 0.2) is 54.6 Å². The Hall–Kier alpha value is -2.33. The van der Waals surface area contributed by atoms with Crippen molar-refractivity contribution in [2.75, 3.05) is 6.54 Å². The molecule has 1 unspecified atom stereocenters. The third kappa shape index (κ3) is 6.68. The molecule has 5 heteroatoms. The van der Waals surface area contributed by atoms with Crippen molar-refractivity contribution in [3.63, 3.8) is 0 Å². The van der Waals surface area contributed by atoms with Crippen LogP contribution in [0.5, 0.6) is 0 Å². The van der Waals surface area contributed by atoms with Crippen molar-refractivity contribution in [1.29, 1.82) is 0 Å². The number of nitrogens with zero attached hydrogens (tertiary/aromatic N) is 1. The van der Waals surface area contributed by atoms with E-state index in [2.05, 4.69) is 5.32 Å².